The summed E-state index contributed by atoms with van der Waals surface area (Å²) >= 11 is 0. The van der Waals surface area contributed by atoms with Gasteiger partial charge in [-0.2, -0.15) is 5.10 Å². The molecule has 0 aromatic carbocycles. The second-order valence-electron chi connectivity index (χ2n) is 4.10. The molecule has 0 unspecified atom stereocenters. The minimum atomic E-state index is 0.0489. The smallest absolute Gasteiger partial charge is 0.162 e. The maximum Gasteiger partial charge on any atom is 0.162 e. The van der Waals surface area contributed by atoms with E-state index >= 15 is 0 Å². The van der Waals surface area contributed by atoms with Crippen molar-refractivity contribution in [1.82, 2.24) is 15.1 Å². The third-order valence-corrected chi connectivity index (χ3v) is 3.11. The number of hydrogen-bond donors (Lipinski definition) is 2. The third kappa shape index (κ3) is 2.52. The van der Waals surface area contributed by atoms with Gasteiger partial charge in [-0.05, 0) is 12.6 Å². The normalized spacial score (nSPS) is 17.1. The highest BCUT2D eigenvalue weighted by Gasteiger charge is 2.20. The van der Waals surface area contributed by atoms with E-state index in [0.29, 0.717) is 5.56 Å². The van der Waals surface area contributed by atoms with Crippen LogP contribution in [0.15, 0.2) is 12.3 Å². The first-order chi connectivity index (χ1) is 8.22. The van der Waals surface area contributed by atoms with Crippen LogP contribution in [0.4, 0.5) is 5.82 Å². The van der Waals surface area contributed by atoms with E-state index in [1.54, 1.807) is 12.3 Å². The van der Waals surface area contributed by atoms with Crippen LogP contribution in [0.3, 0.4) is 0 Å². The van der Waals surface area contributed by atoms with Gasteiger partial charge in [-0.1, -0.05) is 6.92 Å². The first-order valence-electron chi connectivity index (χ1n) is 5.85. The first-order valence-corrected chi connectivity index (χ1v) is 5.85. The number of nitrogens with zero attached hydrogens (tertiary/aromatic N) is 4. The van der Waals surface area contributed by atoms with E-state index in [9.17, 15) is 0 Å². The predicted octanol–water partition coefficient (Wildman–Crippen LogP) is -0.0974. The zero-order valence-electron chi connectivity index (χ0n) is 10.1. The van der Waals surface area contributed by atoms with Crippen LogP contribution in [-0.2, 0) is 0 Å². The number of rotatable bonds is 3. The summed E-state index contributed by atoms with van der Waals surface area (Å²) in [5.41, 5.74) is 6.22. The average Bonchev–Trinajstić information content (AvgIpc) is 2.39. The molecular weight excluding hydrogens is 216 g/mol. The van der Waals surface area contributed by atoms with Gasteiger partial charge in [0.1, 0.15) is 5.84 Å². The number of hydrogen-bond acceptors (Lipinski definition) is 5. The van der Waals surface area contributed by atoms with Crippen molar-refractivity contribution in [2.24, 2.45) is 5.73 Å². The second kappa shape index (κ2) is 5.09. The molecule has 1 aromatic heterocycles. The Balaban J connectivity index is 2.15. The van der Waals surface area contributed by atoms with Crippen molar-refractivity contribution in [2.45, 2.75) is 6.92 Å². The summed E-state index contributed by atoms with van der Waals surface area (Å²) in [7, 11) is 0. The van der Waals surface area contributed by atoms with Crippen LogP contribution in [-0.4, -0.2) is 53.7 Å². The molecule has 2 rings (SSSR count). The van der Waals surface area contributed by atoms with Gasteiger partial charge in [-0.25, -0.2) is 0 Å². The Morgan fingerprint density at radius 2 is 2.12 bits per heavy atom. The molecule has 1 aliphatic heterocycles. The standard InChI is InChI=1S/C11H18N6/c1-2-16-5-7-17(8-6-16)11-9(10(12)13)3-4-14-15-11/h3-4H,2,5-8H2,1H3,(H3,12,13). The van der Waals surface area contributed by atoms with Crippen molar-refractivity contribution in [3.05, 3.63) is 17.8 Å². The van der Waals surface area contributed by atoms with Gasteiger partial charge in [0.15, 0.2) is 5.82 Å². The van der Waals surface area contributed by atoms with Gasteiger partial charge in [-0.3, -0.25) is 5.41 Å². The largest absolute Gasteiger partial charge is 0.384 e. The monoisotopic (exact) mass is 234 g/mol. The molecule has 0 bridgehead atoms. The lowest BCUT2D eigenvalue weighted by molar-refractivity contribution is 0.270. The Bertz CT molecular complexity index is 397. The van der Waals surface area contributed by atoms with E-state index in [1.807, 2.05) is 0 Å². The van der Waals surface area contributed by atoms with Crippen LogP contribution < -0.4 is 10.6 Å². The van der Waals surface area contributed by atoms with Crippen LogP contribution in [0.5, 0.6) is 0 Å². The second-order valence-corrected chi connectivity index (χ2v) is 4.10. The zero-order chi connectivity index (χ0) is 12.3. The lowest BCUT2D eigenvalue weighted by Gasteiger charge is -2.35. The van der Waals surface area contributed by atoms with Crippen LogP contribution in [0.25, 0.3) is 0 Å². The fraction of sp³-hybridized carbons (Fsp3) is 0.545. The molecule has 0 amide bonds. The Morgan fingerprint density at radius 1 is 1.41 bits per heavy atom. The summed E-state index contributed by atoms with van der Waals surface area (Å²) in [6.45, 7) is 7.10. The van der Waals surface area contributed by atoms with Crippen molar-refractivity contribution < 1.29 is 0 Å². The number of nitrogens with two attached hydrogens (primary N) is 1. The van der Waals surface area contributed by atoms with Crippen LogP contribution in [0.1, 0.15) is 12.5 Å². The summed E-state index contributed by atoms with van der Waals surface area (Å²) < 4.78 is 0. The lowest BCUT2D eigenvalue weighted by atomic mass is 10.2. The average molecular weight is 234 g/mol. The molecule has 1 fully saturated rings. The zero-order valence-corrected chi connectivity index (χ0v) is 10.1. The Hall–Kier alpha value is -1.69. The van der Waals surface area contributed by atoms with Crippen LogP contribution in [0, 0.1) is 5.41 Å². The summed E-state index contributed by atoms with van der Waals surface area (Å²) in [4.78, 5) is 4.54. The highest BCUT2D eigenvalue weighted by molar-refractivity contribution is 5.99. The highest BCUT2D eigenvalue weighted by Crippen LogP contribution is 2.17. The molecule has 6 nitrogen and oxygen atoms in total. The van der Waals surface area contributed by atoms with E-state index in [-0.39, 0.29) is 5.84 Å². The number of anilines is 1. The molecule has 6 heteroatoms. The van der Waals surface area contributed by atoms with Gasteiger partial charge in [0.25, 0.3) is 0 Å². The van der Waals surface area contributed by atoms with Gasteiger partial charge in [-0.15, -0.1) is 5.10 Å². The fourth-order valence-electron chi connectivity index (χ4n) is 2.04. The van der Waals surface area contributed by atoms with E-state index in [4.69, 9.17) is 11.1 Å². The number of nitrogen functional groups attached to an aromatic ring is 1. The van der Waals surface area contributed by atoms with Crippen molar-refractivity contribution in [3.63, 3.8) is 0 Å². The van der Waals surface area contributed by atoms with Crippen LogP contribution >= 0.6 is 0 Å². The molecule has 1 aliphatic rings. The molecule has 17 heavy (non-hydrogen) atoms. The maximum absolute atomic E-state index is 7.54. The molecule has 3 N–H and O–H groups in total. The Kier molecular flexibility index (Phi) is 3.53. The molecule has 2 heterocycles. The quantitative estimate of drug-likeness (QED) is 0.564. The van der Waals surface area contributed by atoms with E-state index in [2.05, 4.69) is 26.9 Å². The van der Waals surface area contributed by atoms with Crippen molar-refractivity contribution >= 4 is 11.7 Å². The van der Waals surface area contributed by atoms with Crippen molar-refractivity contribution in [3.8, 4) is 0 Å². The molecule has 0 saturated carbocycles. The predicted molar refractivity (Wildman–Crippen MR) is 67.4 cm³/mol. The molecule has 0 spiro atoms. The molecule has 0 atom stereocenters. The topological polar surface area (TPSA) is 82.1 Å². The SMILES string of the molecule is CCN1CCN(c2nnccc2C(=N)N)CC1. The number of nitrogens with one attached hydrogen (secondary N) is 1. The first kappa shape index (κ1) is 11.8. The molecule has 92 valence electrons. The fourth-order valence-corrected chi connectivity index (χ4v) is 2.04. The van der Waals surface area contributed by atoms with E-state index < -0.39 is 0 Å². The van der Waals surface area contributed by atoms with Gasteiger partial charge < -0.3 is 15.5 Å². The van der Waals surface area contributed by atoms with Crippen molar-refractivity contribution in [1.29, 1.82) is 5.41 Å². The molecule has 0 aliphatic carbocycles. The maximum atomic E-state index is 7.54. The van der Waals surface area contributed by atoms with E-state index in [1.165, 1.54) is 0 Å². The third-order valence-electron chi connectivity index (χ3n) is 3.11. The molecule has 0 radical (unpaired) electrons. The summed E-state index contributed by atoms with van der Waals surface area (Å²) in [6, 6.07) is 1.75. The molecule has 1 aromatic rings. The summed E-state index contributed by atoms with van der Waals surface area (Å²) in [5.74, 6) is 0.781. The van der Waals surface area contributed by atoms with Crippen molar-refractivity contribution in [2.75, 3.05) is 37.6 Å². The Labute approximate surface area is 101 Å². The number of piperazine rings is 1. The van der Waals surface area contributed by atoms with Gasteiger partial charge in [0.05, 0.1) is 11.8 Å². The van der Waals surface area contributed by atoms with Gasteiger partial charge in [0, 0.05) is 26.2 Å². The lowest BCUT2D eigenvalue weighted by Crippen LogP contribution is -2.47. The number of amidine groups is 1. The summed E-state index contributed by atoms with van der Waals surface area (Å²) in [6.07, 6.45) is 1.57. The minimum absolute atomic E-state index is 0.0489. The highest BCUT2D eigenvalue weighted by atomic mass is 15.3. The number of likely N-dealkylation sites (N-methyl/N-ethyl adjacent to an activating group) is 1. The van der Waals surface area contributed by atoms with Gasteiger partial charge in [0.2, 0.25) is 0 Å². The minimum Gasteiger partial charge on any atom is -0.384 e. The summed E-state index contributed by atoms with van der Waals surface area (Å²) in [5, 5.41) is 15.5. The molecule has 1 saturated heterocycles. The molecular formula is C11H18N6. The van der Waals surface area contributed by atoms with Gasteiger partial charge >= 0.3 is 0 Å². The number of aromatic nitrogens is 2. The van der Waals surface area contributed by atoms with E-state index in [0.717, 1.165) is 38.5 Å². The van der Waals surface area contributed by atoms with Crippen LogP contribution in [0.2, 0.25) is 0 Å². The Morgan fingerprint density at radius 3 is 2.71 bits per heavy atom.